The van der Waals surface area contributed by atoms with Gasteiger partial charge in [-0.15, -0.1) is 0 Å². The summed E-state index contributed by atoms with van der Waals surface area (Å²) in [6.45, 7) is 2.88. The molecule has 0 heterocycles. The van der Waals surface area contributed by atoms with Crippen molar-refractivity contribution in [1.29, 1.82) is 0 Å². The predicted molar refractivity (Wildman–Crippen MR) is 61.1 cm³/mol. The Balaban J connectivity index is 2.47. The molecule has 1 aromatic carbocycles. The molecular formula is C11H16ClNO2. The normalized spacial score (nSPS) is 12.7. The number of nitrogens with one attached hydrogen (secondary N) is 1. The van der Waals surface area contributed by atoms with E-state index >= 15 is 0 Å². The second-order valence-electron chi connectivity index (χ2n) is 3.58. The van der Waals surface area contributed by atoms with E-state index in [2.05, 4.69) is 5.32 Å². The standard InChI is InChI=1S/C11H16ClNO2/c1-8(4-5-14)13-7-9-2-3-11(15)10(12)6-9/h2-3,6,8,13-15H,4-5,7H2,1H3. The van der Waals surface area contributed by atoms with Crippen molar-refractivity contribution in [2.45, 2.75) is 25.9 Å². The first kappa shape index (κ1) is 12.3. The van der Waals surface area contributed by atoms with Crippen LogP contribution < -0.4 is 5.32 Å². The second-order valence-corrected chi connectivity index (χ2v) is 3.99. The molecule has 1 atom stereocenters. The van der Waals surface area contributed by atoms with Gasteiger partial charge in [-0.1, -0.05) is 17.7 Å². The van der Waals surface area contributed by atoms with Crippen molar-refractivity contribution < 1.29 is 10.2 Å². The van der Waals surface area contributed by atoms with E-state index in [0.717, 1.165) is 12.0 Å². The SMILES string of the molecule is CC(CCO)NCc1ccc(O)c(Cl)c1. The summed E-state index contributed by atoms with van der Waals surface area (Å²) in [4.78, 5) is 0. The summed E-state index contributed by atoms with van der Waals surface area (Å²) in [6, 6.07) is 5.40. The largest absolute Gasteiger partial charge is 0.506 e. The van der Waals surface area contributed by atoms with Gasteiger partial charge in [-0.2, -0.15) is 0 Å². The predicted octanol–water partition coefficient (Wildman–Crippen LogP) is 1.91. The Morgan fingerprint density at radius 3 is 2.80 bits per heavy atom. The van der Waals surface area contributed by atoms with Gasteiger partial charge in [-0.05, 0) is 31.0 Å². The van der Waals surface area contributed by atoms with E-state index in [0.29, 0.717) is 11.6 Å². The number of benzene rings is 1. The van der Waals surface area contributed by atoms with Gasteiger partial charge in [-0.25, -0.2) is 0 Å². The molecule has 84 valence electrons. The monoisotopic (exact) mass is 229 g/mol. The topological polar surface area (TPSA) is 52.5 Å². The van der Waals surface area contributed by atoms with Gasteiger partial charge in [0, 0.05) is 19.2 Å². The highest BCUT2D eigenvalue weighted by molar-refractivity contribution is 6.32. The fourth-order valence-electron chi connectivity index (χ4n) is 1.25. The lowest BCUT2D eigenvalue weighted by molar-refractivity contribution is 0.268. The van der Waals surface area contributed by atoms with E-state index in [1.807, 2.05) is 13.0 Å². The highest BCUT2D eigenvalue weighted by atomic mass is 35.5. The third kappa shape index (κ3) is 4.08. The fraction of sp³-hybridized carbons (Fsp3) is 0.455. The number of phenolic OH excluding ortho intramolecular Hbond substituents is 1. The Morgan fingerprint density at radius 1 is 1.47 bits per heavy atom. The van der Waals surface area contributed by atoms with Gasteiger partial charge in [0.25, 0.3) is 0 Å². The molecule has 0 radical (unpaired) electrons. The zero-order valence-corrected chi connectivity index (χ0v) is 9.46. The number of hydrogen-bond acceptors (Lipinski definition) is 3. The fourth-order valence-corrected chi connectivity index (χ4v) is 1.45. The van der Waals surface area contributed by atoms with Gasteiger partial charge >= 0.3 is 0 Å². The van der Waals surface area contributed by atoms with Crippen LogP contribution in [0.1, 0.15) is 18.9 Å². The molecule has 0 amide bonds. The van der Waals surface area contributed by atoms with E-state index in [-0.39, 0.29) is 18.4 Å². The number of halogens is 1. The molecule has 0 aliphatic carbocycles. The number of rotatable bonds is 5. The highest BCUT2D eigenvalue weighted by Gasteiger charge is 2.02. The van der Waals surface area contributed by atoms with E-state index < -0.39 is 0 Å². The van der Waals surface area contributed by atoms with Gasteiger partial charge in [0.2, 0.25) is 0 Å². The van der Waals surface area contributed by atoms with Crippen LogP contribution in [0.4, 0.5) is 0 Å². The van der Waals surface area contributed by atoms with Crippen molar-refractivity contribution in [3.8, 4) is 5.75 Å². The lowest BCUT2D eigenvalue weighted by atomic mass is 10.2. The van der Waals surface area contributed by atoms with Crippen LogP contribution in [0, 0.1) is 0 Å². The summed E-state index contributed by atoms with van der Waals surface area (Å²) in [7, 11) is 0. The van der Waals surface area contributed by atoms with Crippen LogP contribution in [0.25, 0.3) is 0 Å². The summed E-state index contributed by atoms with van der Waals surface area (Å²) < 4.78 is 0. The number of hydrogen-bond donors (Lipinski definition) is 3. The van der Waals surface area contributed by atoms with Crippen LogP contribution >= 0.6 is 11.6 Å². The molecule has 0 fully saturated rings. The average molecular weight is 230 g/mol. The summed E-state index contributed by atoms with van der Waals surface area (Å²) in [5, 5.41) is 21.6. The number of phenols is 1. The maximum Gasteiger partial charge on any atom is 0.134 e. The molecule has 15 heavy (non-hydrogen) atoms. The van der Waals surface area contributed by atoms with Crippen molar-refractivity contribution >= 4 is 11.6 Å². The lowest BCUT2D eigenvalue weighted by Gasteiger charge is -2.12. The van der Waals surface area contributed by atoms with E-state index in [9.17, 15) is 5.11 Å². The molecule has 1 unspecified atom stereocenters. The van der Waals surface area contributed by atoms with Crippen molar-refractivity contribution in [1.82, 2.24) is 5.32 Å². The first-order valence-electron chi connectivity index (χ1n) is 4.95. The molecule has 0 saturated carbocycles. The zero-order chi connectivity index (χ0) is 11.3. The summed E-state index contributed by atoms with van der Waals surface area (Å²) >= 11 is 5.77. The smallest absolute Gasteiger partial charge is 0.134 e. The molecule has 0 aliphatic heterocycles. The Hall–Kier alpha value is -0.770. The Kier molecular flexibility index (Phi) is 4.88. The van der Waals surface area contributed by atoms with Crippen LogP contribution in [0.15, 0.2) is 18.2 Å². The molecule has 4 heteroatoms. The minimum absolute atomic E-state index is 0.101. The summed E-state index contributed by atoms with van der Waals surface area (Å²) in [5.74, 6) is 0.101. The third-order valence-electron chi connectivity index (χ3n) is 2.23. The molecule has 1 rings (SSSR count). The highest BCUT2D eigenvalue weighted by Crippen LogP contribution is 2.23. The molecule has 1 aromatic rings. The minimum Gasteiger partial charge on any atom is -0.506 e. The van der Waals surface area contributed by atoms with Crippen LogP contribution in [0.3, 0.4) is 0 Å². The quantitative estimate of drug-likeness (QED) is 0.723. The number of aliphatic hydroxyl groups excluding tert-OH is 1. The van der Waals surface area contributed by atoms with Crippen LogP contribution in [-0.4, -0.2) is 22.9 Å². The Morgan fingerprint density at radius 2 is 2.20 bits per heavy atom. The maximum absolute atomic E-state index is 9.22. The zero-order valence-electron chi connectivity index (χ0n) is 8.70. The first-order valence-corrected chi connectivity index (χ1v) is 5.33. The Bertz CT molecular complexity index is 317. The molecule has 0 aromatic heterocycles. The molecule has 3 nitrogen and oxygen atoms in total. The van der Waals surface area contributed by atoms with Crippen LogP contribution in [0.5, 0.6) is 5.75 Å². The van der Waals surface area contributed by atoms with Gasteiger partial charge in [0.05, 0.1) is 5.02 Å². The van der Waals surface area contributed by atoms with Crippen molar-refractivity contribution in [3.05, 3.63) is 28.8 Å². The molecule has 0 bridgehead atoms. The average Bonchev–Trinajstić information content (AvgIpc) is 2.20. The van der Waals surface area contributed by atoms with Gasteiger partial charge < -0.3 is 15.5 Å². The lowest BCUT2D eigenvalue weighted by Crippen LogP contribution is -2.26. The van der Waals surface area contributed by atoms with Crippen LogP contribution in [-0.2, 0) is 6.54 Å². The van der Waals surface area contributed by atoms with Crippen molar-refractivity contribution in [2.24, 2.45) is 0 Å². The maximum atomic E-state index is 9.22. The Labute approximate surface area is 94.7 Å². The summed E-state index contributed by atoms with van der Waals surface area (Å²) in [6.07, 6.45) is 0.728. The number of aliphatic hydroxyl groups is 1. The van der Waals surface area contributed by atoms with E-state index in [1.165, 1.54) is 0 Å². The molecule has 3 N–H and O–H groups in total. The van der Waals surface area contributed by atoms with Gasteiger partial charge in [0.15, 0.2) is 0 Å². The third-order valence-corrected chi connectivity index (χ3v) is 2.53. The molecule has 0 spiro atoms. The number of aromatic hydroxyl groups is 1. The second kappa shape index (κ2) is 5.95. The summed E-state index contributed by atoms with van der Waals surface area (Å²) in [5.41, 5.74) is 1.02. The van der Waals surface area contributed by atoms with Crippen LogP contribution in [0.2, 0.25) is 5.02 Å². The van der Waals surface area contributed by atoms with Crippen molar-refractivity contribution in [2.75, 3.05) is 6.61 Å². The first-order chi connectivity index (χ1) is 7.13. The molecular weight excluding hydrogens is 214 g/mol. The minimum atomic E-state index is 0.101. The molecule has 0 saturated heterocycles. The van der Waals surface area contributed by atoms with Crippen molar-refractivity contribution in [3.63, 3.8) is 0 Å². The van der Waals surface area contributed by atoms with E-state index in [4.69, 9.17) is 16.7 Å². The molecule has 0 aliphatic rings. The van der Waals surface area contributed by atoms with Gasteiger partial charge in [-0.3, -0.25) is 0 Å². The van der Waals surface area contributed by atoms with E-state index in [1.54, 1.807) is 12.1 Å². The van der Waals surface area contributed by atoms with Gasteiger partial charge in [0.1, 0.15) is 5.75 Å².